The first kappa shape index (κ1) is 26.5. The molecule has 0 radical (unpaired) electrons. The minimum atomic E-state index is -0.549. The maximum absolute atomic E-state index is 12.2. The minimum absolute atomic E-state index is 0.0363. The largest absolute Gasteiger partial charge is 0.496 e. The molecule has 9 heteroatoms. The number of nitrogens with zero attached hydrogens (tertiary/aromatic N) is 1. The summed E-state index contributed by atoms with van der Waals surface area (Å²) in [6.07, 6.45) is 1.33. The van der Waals surface area contributed by atoms with E-state index < -0.39 is 6.29 Å². The Morgan fingerprint density at radius 2 is 1.71 bits per heavy atom. The van der Waals surface area contributed by atoms with Gasteiger partial charge in [0.15, 0.2) is 6.29 Å². The van der Waals surface area contributed by atoms with Crippen LogP contribution in [0.25, 0.3) is 0 Å². The van der Waals surface area contributed by atoms with Crippen LogP contribution in [0.15, 0.2) is 12.1 Å². The Labute approximate surface area is 184 Å². The van der Waals surface area contributed by atoms with Gasteiger partial charge in [-0.3, -0.25) is 9.59 Å². The fourth-order valence-electron chi connectivity index (χ4n) is 2.96. The summed E-state index contributed by atoms with van der Waals surface area (Å²) in [5.74, 6) is 1.60. The highest BCUT2D eigenvalue weighted by molar-refractivity contribution is 5.75. The molecule has 0 spiro atoms. The van der Waals surface area contributed by atoms with Crippen molar-refractivity contribution in [3.8, 4) is 17.2 Å². The van der Waals surface area contributed by atoms with Crippen LogP contribution in [-0.2, 0) is 25.6 Å². The second kappa shape index (κ2) is 14.5. The number of benzene rings is 1. The zero-order chi connectivity index (χ0) is 23.2. The predicted molar refractivity (Wildman–Crippen MR) is 116 cm³/mol. The van der Waals surface area contributed by atoms with Gasteiger partial charge in [-0.1, -0.05) is 0 Å². The molecular weight excluding hydrogens is 404 g/mol. The molecule has 176 valence electrons. The van der Waals surface area contributed by atoms with E-state index in [4.69, 9.17) is 23.7 Å². The van der Waals surface area contributed by atoms with Gasteiger partial charge in [0, 0.05) is 46.2 Å². The van der Waals surface area contributed by atoms with Crippen LogP contribution in [0.3, 0.4) is 0 Å². The van der Waals surface area contributed by atoms with Crippen LogP contribution in [0, 0.1) is 0 Å². The average Bonchev–Trinajstić information content (AvgIpc) is 2.76. The Morgan fingerprint density at radius 1 is 1.03 bits per heavy atom. The van der Waals surface area contributed by atoms with Gasteiger partial charge < -0.3 is 33.9 Å². The average molecular weight is 441 g/mol. The van der Waals surface area contributed by atoms with Gasteiger partial charge in [-0.05, 0) is 19.8 Å². The van der Waals surface area contributed by atoms with Gasteiger partial charge in [0.1, 0.15) is 17.2 Å². The second-order valence-electron chi connectivity index (χ2n) is 6.87. The van der Waals surface area contributed by atoms with Crippen molar-refractivity contribution in [1.82, 2.24) is 10.2 Å². The molecule has 0 saturated heterocycles. The van der Waals surface area contributed by atoms with Gasteiger partial charge in [-0.25, -0.2) is 0 Å². The standard InChI is InChI=1S/C22H36N2O7/c1-7-23-21(26)10-8-9-11-31-20-13-17(27-3)12-19(28-4)18(20)14-24(16(2)25)15-22(29-5)30-6/h12-13,22H,7-11,14-15H2,1-6H3,(H,23,26). The molecule has 0 atom stereocenters. The van der Waals surface area contributed by atoms with Crippen molar-refractivity contribution in [3.63, 3.8) is 0 Å². The highest BCUT2D eigenvalue weighted by atomic mass is 16.7. The minimum Gasteiger partial charge on any atom is -0.496 e. The van der Waals surface area contributed by atoms with Crippen molar-refractivity contribution < 1.29 is 33.3 Å². The van der Waals surface area contributed by atoms with Gasteiger partial charge in [-0.2, -0.15) is 0 Å². The van der Waals surface area contributed by atoms with Crippen molar-refractivity contribution in [3.05, 3.63) is 17.7 Å². The Bertz CT molecular complexity index is 693. The van der Waals surface area contributed by atoms with E-state index in [1.165, 1.54) is 21.1 Å². The molecule has 31 heavy (non-hydrogen) atoms. The Hall–Kier alpha value is -2.52. The van der Waals surface area contributed by atoms with Crippen LogP contribution >= 0.6 is 0 Å². The van der Waals surface area contributed by atoms with Crippen LogP contribution in [-0.4, -0.2) is 71.1 Å². The molecular formula is C22H36N2O7. The molecule has 0 bridgehead atoms. The molecule has 0 fully saturated rings. The lowest BCUT2D eigenvalue weighted by molar-refractivity contribution is -0.144. The number of hydrogen-bond donors (Lipinski definition) is 1. The number of nitrogens with one attached hydrogen (secondary N) is 1. The molecule has 1 aromatic carbocycles. The van der Waals surface area contributed by atoms with Crippen molar-refractivity contribution in [2.45, 2.75) is 45.9 Å². The zero-order valence-corrected chi connectivity index (χ0v) is 19.5. The van der Waals surface area contributed by atoms with Crippen LogP contribution in [0.5, 0.6) is 17.2 Å². The first-order valence-electron chi connectivity index (χ1n) is 10.4. The number of amides is 2. The molecule has 0 aliphatic heterocycles. The first-order valence-corrected chi connectivity index (χ1v) is 10.4. The number of rotatable bonds is 15. The topological polar surface area (TPSA) is 95.6 Å². The van der Waals surface area contributed by atoms with E-state index in [2.05, 4.69) is 5.32 Å². The van der Waals surface area contributed by atoms with E-state index in [9.17, 15) is 9.59 Å². The number of hydrogen-bond acceptors (Lipinski definition) is 7. The summed E-state index contributed by atoms with van der Waals surface area (Å²) in [7, 11) is 6.17. The summed E-state index contributed by atoms with van der Waals surface area (Å²) in [5, 5.41) is 2.78. The fourth-order valence-corrected chi connectivity index (χ4v) is 2.96. The van der Waals surface area contributed by atoms with E-state index in [0.29, 0.717) is 55.2 Å². The second-order valence-corrected chi connectivity index (χ2v) is 6.87. The summed E-state index contributed by atoms with van der Waals surface area (Å²) in [6, 6.07) is 3.52. The third kappa shape index (κ3) is 9.02. The first-order chi connectivity index (χ1) is 14.9. The van der Waals surface area contributed by atoms with Gasteiger partial charge in [-0.15, -0.1) is 0 Å². The third-order valence-corrected chi connectivity index (χ3v) is 4.72. The zero-order valence-electron chi connectivity index (χ0n) is 19.5. The van der Waals surface area contributed by atoms with Crippen LogP contribution in [0.2, 0.25) is 0 Å². The molecule has 0 aromatic heterocycles. The maximum atomic E-state index is 12.2. The van der Waals surface area contributed by atoms with E-state index >= 15 is 0 Å². The van der Waals surface area contributed by atoms with Crippen LogP contribution in [0.4, 0.5) is 0 Å². The Balaban J connectivity index is 2.97. The van der Waals surface area contributed by atoms with E-state index in [1.54, 1.807) is 31.3 Å². The lowest BCUT2D eigenvalue weighted by Crippen LogP contribution is -2.37. The lowest BCUT2D eigenvalue weighted by Gasteiger charge is -2.27. The number of ether oxygens (including phenoxy) is 5. The van der Waals surface area contributed by atoms with Gasteiger partial charge in [0.2, 0.25) is 11.8 Å². The molecule has 0 heterocycles. The highest BCUT2D eigenvalue weighted by Crippen LogP contribution is 2.35. The molecule has 0 aliphatic rings. The van der Waals surface area contributed by atoms with Crippen LogP contribution in [0.1, 0.15) is 38.7 Å². The maximum Gasteiger partial charge on any atom is 0.219 e. The van der Waals surface area contributed by atoms with Crippen molar-refractivity contribution in [1.29, 1.82) is 0 Å². The summed E-state index contributed by atoms with van der Waals surface area (Å²) >= 11 is 0. The molecule has 9 nitrogen and oxygen atoms in total. The summed E-state index contributed by atoms with van der Waals surface area (Å²) in [5.41, 5.74) is 0.716. The van der Waals surface area contributed by atoms with E-state index in [-0.39, 0.29) is 24.9 Å². The molecule has 0 unspecified atom stereocenters. The van der Waals surface area contributed by atoms with Crippen molar-refractivity contribution >= 4 is 11.8 Å². The molecule has 1 N–H and O–H groups in total. The SMILES string of the molecule is CCNC(=O)CCCCOc1cc(OC)cc(OC)c1CN(CC(OC)OC)C(C)=O. The smallest absolute Gasteiger partial charge is 0.219 e. The van der Waals surface area contributed by atoms with Crippen molar-refractivity contribution in [2.75, 3.05) is 48.1 Å². The van der Waals surface area contributed by atoms with Gasteiger partial charge in [0.05, 0.1) is 39.5 Å². The lowest BCUT2D eigenvalue weighted by atomic mass is 10.1. The number of unbranched alkanes of at least 4 members (excludes halogenated alkanes) is 1. The normalized spacial score (nSPS) is 10.7. The van der Waals surface area contributed by atoms with E-state index in [1.807, 2.05) is 6.92 Å². The van der Waals surface area contributed by atoms with Gasteiger partial charge >= 0.3 is 0 Å². The monoisotopic (exact) mass is 440 g/mol. The van der Waals surface area contributed by atoms with Gasteiger partial charge in [0.25, 0.3) is 0 Å². The number of carbonyl (C=O) groups is 2. The Kier molecular flexibility index (Phi) is 12.4. The molecule has 1 rings (SSSR count). The Morgan fingerprint density at radius 3 is 2.26 bits per heavy atom. The quantitative estimate of drug-likeness (QED) is 0.330. The molecule has 0 aliphatic carbocycles. The van der Waals surface area contributed by atoms with Crippen LogP contribution < -0.4 is 19.5 Å². The third-order valence-electron chi connectivity index (χ3n) is 4.72. The highest BCUT2D eigenvalue weighted by Gasteiger charge is 2.21. The van der Waals surface area contributed by atoms with Crippen molar-refractivity contribution in [2.24, 2.45) is 0 Å². The summed E-state index contributed by atoms with van der Waals surface area (Å²) in [4.78, 5) is 25.4. The summed E-state index contributed by atoms with van der Waals surface area (Å²) < 4.78 is 27.4. The summed E-state index contributed by atoms with van der Waals surface area (Å²) in [6.45, 7) is 4.93. The predicted octanol–water partition coefficient (Wildman–Crippen LogP) is 2.36. The fraction of sp³-hybridized carbons (Fsp3) is 0.636. The number of carbonyl (C=O) groups excluding carboxylic acids is 2. The van der Waals surface area contributed by atoms with E-state index in [0.717, 1.165) is 0 Å². The molecule has 1 aromatic rings. The molecule has 0 saturated carbocycles. The number of methoxy groups -OCH3 is 4. The molecule has 2 amide bonds.